The lowest BCUT2D eigenvalue weighted by Crippen LogP contribution is -2.27. The average molecular weight is 382 g/mol. The molecule has 4 aromatic rings. The van der Waals surface area contributed by atoms with Gasteiger partial charge in [-0.2, -0.15) is 0 Å². The number of hydrogen-bond donors (Lipinski definition) is 0. The molecule has 7 heteroatoms. The molecule has 0 aliphatic heterocycles. The minimum absolute atomic E-state index is 0.161. The van der Waals surface area contributed by atoms with Gasteiger partial charge in [-0.25, -0.2) is 9.37 Å². The summed E-state index contributed by atoms with van der Waals surface area (Å²) < 4.78 is 20.2. The van der Waals surface area contributed by atoms with E-state index in [0.717, 1.165) is 0 Å². The Hall–Kier alpha value is -3.06. The van der Waals surface area contributed by atoms with E-state index in [9.17, 15) is 14.0 Å². The molecule has 0 fully saturated rings. The fourth-order valence-corrected chi connectivity index (χ4v) is 3.94. The van der Waals surface area contributed by atoms with Crippen LogP contribution in [0.4, 0.5) is 4.39 Å². The van der Waals surface area contributed by atoms with E-state index in [-0.39, 0.29) is 23.7 Å². The van der Waals surface area contributed by atoms with Crippen molar-refractivity contribution in [1.82, 2.24) is 9.55 Å². The first-order valence-electron chi connectivity index (χ1n) is 8.27. The highest BCUT2D eigenvalue weighted by Crippen LogP contribution is 2.31. The first-order chi connectivity index (χ1) is 13.0. The zero-order chi connectivity index (χ0) is 19.1. The van der Waals surface area contributed by atoms with Crippen molar-refractivity contribution in [2.45, 2.75) is 20.4 Å². The zero-order valence-electron chi connectivity index (χ0n) is 14.7. The molecule has 27 heavy (non-hydrogen) atoms. The molecule has 0 amide bonds. The Morgan fingerprint density at radius 2 is 2.11 bits per heavy atom. The van der Waals surface area contributed by atoms with Crippen LogP contribution in [-0.4, -0.2) is 15.3 Å². The lowest BCUT2D eigenvalue weighted by molar-refractivity contribution is 0.0969. The van der Waals surface area contributed by atoms with Gasteiger partial charge in [-0.05, 0) is 49.7 Å². The summed E-state index contributed by atoms with van der Waals surface area (Å²) in [6.07, 6.45) is 1.54. The van der Waals surface area contributed by atoms with Gasteiger partial charge in [-0.1, -0.05) is 0 Å². The Bertz CT molecular complexity index is 1220. The summed E-state index contributed by atoms with van der Waals surface area (Å²) >= 11 is 1.36. The third-order valence-electron chi connectivity index (χ3n) is 4.45. The largest absolute Gasteiger partial charge is 0.464 e. The number of aromatic nitrogens is 2. The van der Waals surface area contributed by atoms with E-state index < -0.39 is 0 Å². The van der Waals surface area contributed by atoms with E-state index in [0.29, 0.717) is 38.5 Å². The maximum absolute atomic E-state index is 13.5. The highest BCUT2D eigenvalue weighted by molar-refractivity contribution is 7.17. The second-order valence-corrected chi connectivity index (χ2v) is 7.10. The highest BCUT2D eigenvalue weighted by atomic mass is 32.1. The number of carbonyl (C=O) groups excluding carboxylic acids is 1. The number of carbonyl (C=O) groups is 1. The van der Waals surface area contributed by atoms with Crippen molar-refractivity contribution >= 4 is 27.3 Å². The third-order valence-corrected chi connectivity index (χ3v) is 5.33. The molecule has 0 bridgehead atoms. The topological polar surface area (TPSA) is 65.1 Å². The van der Waals surface area contributed by atoms with Crippen LogP contribution < -0.4 is 5.56 Å². The predicted octanol–water partition coefficient (Wildman–Crippen LogP) is 4.36. The van der Waals surface area contributed by atoms with Gasteiger partial charge in [-0.3, -0.25) is 14.2 Å². The van der Waals surface area contributed by atoms with Gasteiger partial charge in [0, 0.05) is 16.5 Å². The number of hydrogen-bond acceptors (Lipinski definition) is 5. The number of thiophene rings is 1. The molecule has 0 spiro atoms. The monoisotopic (exact) mass is 382 g/mol. The third kappa shape index (κ3) is 3.00. The molecule has 0 aliphatic carbocycles. The maximum Gasteiger partial charge on any atom is 0.263 e. The Morgan fingerprint density at radius 1 is 1.30 bits per heavy atom. The molecule has 1 aromatic carbocycles. The molecular weight excluding hydrogens is 367 g/mol. The zero-order valence-corrected chi connectivity index (χ0v) is 15.5. The van der Waals surface area contributed by atoms with Crippen LogP contribution in [-0.2, 0) is 6.54 Å². The fraction of sp³-hybridized carbons (Fsp3) is 0.150. The number of aryl methyl sites for hydroxylation is 2. The summed E-state index contributed by atoms with van der Waals surface area (Å²) in [5.41, 5.74) is 1.11. The normalized spacial score (nSPS) is 11.2. The lowest BCUT2D eigenvalue weighted by Gasteiger charge is -2.10. The van der Waals surface area contributed by atoms with Crippen LogP contribution >= 0.6 is 11.3 Å². The second kappa shape index (κ2) is 6.59. The second-order valence-electron chi connectivity index (χ2n) is 6.24. The molecule has 5 nitrogen and oxygen atoms in total. The number of rotatable bonds is 4. The van der Waals surface area contributed by atoms with Gasteiger partial charge < -0.3 is 4.42 Å². The maximum atomic E-state index is 13.5. The Morgan fingerprint density at radius 3 is 2.81 bits per heavy atom. The fourth-order valence-electron chi connectivity index (χ4n) is 2.98. The van der Waals surface area contributed by atoms with Crippen molar-refractivity contribution in [3.8, 4) is 11.3 Å². The van der Waals surface area contributed by atoms with Crippen LogP contribution in [0.25, 0.3) is 21.5 Å². The van der Waals surface area contributed by atoms with E-state index in [1.54, 1.807) is 32.2 Å². The van der Waals surface area contributed by atoms with E-state index in [4.69, 9.17) is 4.42 Å². The SMILES string of the molecule is Cc1cc(C(=O)Cn2c(C)nc3scc(-c4ccco4)c3c2=O)ccc1F. The lowest BCUT2D eigenvalue weighted by atomic mass is 10.1. The minimum Gasteiger partial charge on any atom is -0.464 e. The molecule has 3 heterocycles. The summed E-state index contributed by atoms with van der Waals surface area (Å²) in [5.74, 6) is 0.382. The summed E-state index contributed by atoms with van der Waals surface area (Å²) in [6, 6.07) is 7.70. The quantitative estimate of drug-likeness (QED) is 0.492. The Balaban J connectivity index is 1.79. The minimum atomic E-state index is -0.371. The van der Waals surface area contributed by atoms with Crippen molar-refractivity contribution in [3.63, 3.8) is 0 Å². The Kier molecular flexibility index (Phi) is 4.24. The van der Waals surface area contributed by atoms with Crippen LogP contribution in [0.2, 0.25) is 0 Å². The molecule has 0 saturated heterocycles. The van der Waals surface area contributed by atoms with Crippen molar-refractivity contribution in [1.29, 1.82) is 0 Å². The van der Waals surface area contributed by atoms with Crippen molar-refractivity contribution < 1.29 is 13.6 Å². The number of nitrogens with zero attached hydrogens (tertiary/aromatic N) is 2. The number of ketones is 1. The summed E-state index contributed by atoms with van der Waals surface area (Å²) in [7, 11) is 0. The van der Waals surface area contributed by atoms with Gasteiger partial charge >= 0.3 is 0 Å². The number of benzene rings is 1. The molecule has 0 aliphatic rings. The van der Waals surface area contributed by atoms with Crippen LogP contribution in [0, 0.1) is 19.7 Å². The Labute approximate surface area is 157 Å². The van der Waals surface area contributed by atoms with Gasteiger partial charge in [0.2, 0.25) is 0 Å². The van der Waals surface area contributed by atoms with Crippen molar-refractivity contribution in [2.75, 3.05) is 0 Å². The van der Waals surface area contributed by atoms with Gasteiger partial charge in [0.25, 0.3) is 5.56 Å². The number of fused-ring (bicyclic) bond motifs is 1. The first kappa shape index (κ1) is 17.4. The number of Topliss-reactive ketones (excluding diaryl/α,β-unsaturated/α-hetero) is 1. The average Bonchev–Trinajstić information content (AvgIpc) is 3.30. The van der Waals surface area contributed by atoms with E-state index in [2.05, 4.69) is 4.98 Å². The molecule has 0 N–H and O–H groups in total. The van der Waals surface area contributed by atoms with Crippen molar-refractivity contribution in [3.05, 3.63) is 75.1 Å². The summed E-state index contributed by atoms with van der Waals surface area (Å²) in [5, 5.41) is 2.26. The molecule has 0 unspecified atom stereocenters. The van der Waals surface area contributed by atoms with Gasteiger partial charge in [0.1, 0.15) is 22.2 Å². The number of furan rings is 1. The van der Waals surface area contributed by atoms with Crippen LogP contribution in [0.3, 0.4) is 0 Å². The van der Waals surface area contributed by atoms with Gasteiger partial charge in [0.15, 0.2) is 5.78 Å². The molecule has 136 valence electrons. The molecule has 3 aromatic heterocycles. The van der Waals surface area contributed by atoms with Crippen LogP contribution in [0.1, 0.15) is 21.7 Å². The van der Waals surface area contributed by atoms with Gasteiger partial charge in [0.05, 0.1) is 18.2 Å². The molecule has 4 rings (SSSR count). The first-order valence-corrected chi connectivity index (χ1v) is 9.15. The van der Waals surface area contributed by atoms with Crippen LogP contribution in [0.5, 0.6) is 0 Å². The molecule has 0 saturated carbocycles. The smallest absolute Gasteiger partial charge is 0.263 e. The van der Waals surface area contributed by atoms with Crippen molar-refractivity contribution in [2.24, 2.45) is 0 Å². The molecule has 0 radical (unpaired) electrons. The summed E-state index contributed by atoms with van der Waals surface area (Å²) in [6.45, 7) is 3.13. The van der Waals surface area contributed by atoms with E-state index in [1.165, 1.54) is 34.1 Å². The summed E-state index contributed by atoms with van der Waals surface area (Å²) in [4.78, 5) is 30.8. The molecule has 0 atom stereocenters. The predicted molar refractivity (Wildman–Crippen MR) is 102 cm³/mol. The van der Waals surface area contributed by atoms with Gasteiger partial charge in [-0.15, -0.1) is 11.3 Å². The van der Waals surface area contributed by atoms with E-state index in [1.807, 2.05) is 5.38 Å². The highest BCUT2D eigenvalue weighted by Gasteiger charge is 2.19. The van der Waals surface area contributed by atoms with E-state index >= 15 is 0 Å². The molecular formula is C20H15FN2O3S. The standard InChI is InChI=1S/C20H15FN2O3S/c1-11-8-13(5-6-15(11)21)16(24)9-23-12(2)22-19-18(20(23)25)14(10-27-19)17-4-3-7-26-17/h3-8,10H,9H2,1-2H3. The number of halogens is 1. The van der Waals surface area contributed by atoms with Crippen LogP contribution in [0.15, 0.2) is 51.2 Å².